The summed E-state index contributed by atoms with van der Waals surface area (Å²) in [6.07, 6.45) is 2.88. The van der Waals surface area contributed by atoms with Crippen molar-refractivity contribution < 1.29 is 18.4 Å². The van der Waals surface area contributed by atoms with Crippen molar-refractivity contribution in [2.45, 2.75) is 37.2 Å². The number of aliphatic hydroxyl groups is 1. The molecule has 1 saturated heterocycles. The lowest BCUT2D eigenvalue weighted by Gasteiger charge is -2.30. The Morgan fingerprint density at radius 1 is 1.00 bits per heavy atom. The molecule has 27 heavy (non-hydrogen) atoms. The molecule has 0 bridgehead atoms. The Hall–Kier alpha value is -1.89. The molecule has 0 aliphatic carbocycles. The van der Waals surface area contributed by atoms with Gasteiger partial charge in [-0.3, -0.25) is 4.31 Å². The zero-order chi connectivity index (χ0) is 19.3. The summed E-state index contributed by atoms with van der Waals surface area (Å²) in [5.74, 6) is 0. The molecule has 3 rings (SSSR count). The molecule has 1 atom stereocenters. The SMILES string of the molecule is Cc1ccc(S(=O)(=O)N(CC(O)C[NH+]2CCCCC2)c2ccccc2)cc1. The Bertz CT molecular complexity index is 816. The zero-order valence-corrected chi connectivity index (χ0v) is 16.7. The Labute approximate surface area is 162 Å². The number of rotatable bonds is 7. The van der Waals surface area contributed by atoms with Crippen LogP contribution < -0.4 is 9.21 Å². The fraction of sp³-hybridized carbons (Fsp3) is 0.429. The van der Waals surface area contributed by atoms with Crippen molar-refractivity contribution in [2.75, 3.05) is 30.5 Å². The third-order valence-corrected chi connectivity index (χ3v) is 6.92. The number of hydrogen-bond acceptors (Lipinski definition) is 3. The first-order valence-electron chi connectivity index (χ1n) is 9.63. The topological polar surface area (TPSA) is 62.0 Å². The first kappa shape index (κ1) is 19.9. The van der Waals surface area contributed by atoms with Gasteiger partial charge in [0.05, 0.1) is 30.2 Å². The molecule has 2 aromatic rings. The molecule has 0 radical (unpaired) electrons. The van der Waals surface area contributed by atoms with Crippen LogP contribution >= 0.6 is 0 Å². The Balaban J connectivity index is 1.83. The number of para-hydroxylation sites is 1. The highest BCUT2D eigenvalue weighted by Gasteiger charge is 2.29. The van der Waals surface area contributed by atoms with E-state index in [4.69, 9.17) is 0 Å². The highest BCUT2D eigenvalue weighted by atomic mass is 32.2. The molecule has 5 nitrogen and oxygen atoms in total. The lowest BCUT2D eigenvalue weighted by Crippen LogP contribution is -3.14. The van der Waals surface area contributed by atoms with Crippen molar-refractivity contribution in [3.8, 4) is 0 Å². The van der Waals surface area contributed by atoms with Crippen LogP contribution in [0.2, 0.25) is 0 Å². The summed E-state index contributed by atoms with van der Waals surface area (Å²) in [4.78, 5) is 1.60. The second-order valence-electron chi connectivity index (χ2n) is 7.35. The van der Waals surface area contributed by atoms with Crippen molar-refractivity contribution in [3.05, 3.63) is 60.2 Å². The zero-order valence-electron chi connectivity index (χ0n) is 15.8. The molecular weight excluding hydrogens is 360 g/mol. The maximum absolute atomic E-state index is 13.3. The molecule has 0 spiro atoms. The highest BCUT2D eigenvalue weighted by Crippen LogP contribution is 2.24. The number of nitrogens with one attached hydrogen (secondary N) is 1. The van der Waals surface area contributed by atoms with E-state index in [1.165, 1.54) is 28.5 Å². The molecule has 1 fully saturated rings. The number of hydrogen-bond donors (Lipinski definition) is 2. The van der Waals surface area contributed by atoms with Crippen molar-refractivity contribution in [1.29, 1.82) is 0 Å². The number of sulfonamides is 1. The number of nitrogens with zero attached hydrogens (tertiary/aromatic N) is 1. The van der Waals surface area contributed by atoms with Crippen molar-refractivity contribution >= 4 is 15.7 Å². The van der Waals surface area contributed by atoms with E-state index in [9.17, 15) is 13.5 Å². The van der Waals surface area contributed by atoms with Crippen molar-refractivity contribution in [1.82, 2.24) is 0 Å². The van der Waals surface area contributed by atoms with Gasteiger partial charge in [0, 0.05) is 0 Å². The van der Waals surface area contributed by atoms with E-state index < -0.39 is 16.1 Å². The lowest BCUT2D eigenvalue weighted by molar-refractivity contribution is -0.907. The molecule has 0 amide bonds. The predicted molar refractivity (Wildman–Crippen MR) is 108 cm³/mol. The first-order valence-corrected chi connectivity index (χ1v) is 11.1. The van der Waals surface area contributed by atoms with Gasteiger partial charge in [-0.1, -0.05) is 35.9 Å². The first-order chi connectivity index (χ1) is 13.0. The highest BCUT2D eigenvalue weighted by molar-refractivity contribution is 7.92. The molecular formula is C21H29N2O3S+. The van der Waals surface area contributed by atoms with Gasteiger partial charge in [0.2, 0.25) is 0 Å². The van der Waals surface area contributed by atoms with Crippen LogP contribution in [-0.2, 0) is 10.0 Å². The minimum Gasteiger partial charge on any atom is -0.385 e. The fourth-order valence-electron chi connectivity index (χ4n) is 3.62. The van der Waals surface area contributed by atoms with E-state index in [0.717, 1.165) is 18.7 Å². The van der Waals surface area contributed by atoms with Crippen LogP contribution in [0.25, 0.3) is 0 Å². The quantitative estimate of drug-likeness (QED) is 0.757. The van der Waals surface area contributed by atoms with Crippen LogP contribution in [0.5, 0.6) is 0 Å². The molecule has 2 N–H and O–H groups in total. The standard InChI is InChI=1S/C21H28N2O3S/c1-18-10-12-21(13-11-18)27(25,26)23(19-8-4-2-5-9-19)17-20(24)16-22-14-6-3-7-15-22/h2,4-5,8-13,20,24H,3,6-7,14-17H2,1H3/p+1. The van der Waals surface area contributed by atoms with Gasteiger partial charge in [-0.2, -0.15) is 0 Å². The number of aliphatic hydroxyl groups excluding tert-OH is 1. The second-order valence-corrected chi connectivity index (χ2v) is 9.22. The molecule has 0 saturated carbocycles. The van der Waals surface area contributed by atoms with E-state index in [1.54, 1.807) is 36.4 Å². The molecule has 0 aromatic heterocycles. The number of likely N-dealkylation sites (tertiary alicyclic amines) is 1. The molecule has 6 heteroatoms. The van der Waals surface area contributed by atoms with Gasteiger partial charge in [-0.05, 0) is 50.5 Å². The Morgan fingerprint density at radius 3 is 2.26 bits per heavy atom. The summed E-state index contributed by atoms with van der Waals surface area (Å²) in [6.45, 7) is 4.66. The van der Waals surface area contributed by atoms with Crippen LogP contribution in [0.1, 0.15) is 24.8 Å². The smallest absolute Gasteiger partial charge is 0.264 e. The maximum Gasteiger partial charge on any atom is 0.264 e. The van der Waals surface area contributed by atoms with Crippen LogP contribution in [0, 0.1) is 6.92 Å². The normalized spacial score (nSPS) is 16.8. The minimum atomic E-state index is -3.74. The van der Waals surface area contributed by atoms with Crippen molar-refractivity contribution in [3.63, 3.8) is 0 Å². The summed E-state index contributed by atoms with van der Waals surface area (Å²) in [5, 5.41) is 10.7. The van der Waals surface area contributed by atoms with Crippen LogP contribution in [-0.4, -0.2) is 45.8 Å². The number of quaternary nitrogens is 1. The van der Waals surface area contributed by atoms with Crippen LogP contribution in [0.3, 0.4) is 0 Å². The lowest BCUT2D eigenvalue weighted by atomic mass is 10.1. The molecule has 1 unspecified atom stereocenters. The maximum atomic E-state index is 13.3. The minimum absolute atomic E-state index is 0.0592. The van der Waals surface area contributed by atoms with E-state index in [0.29, 0.717) is 12.2 Å². The third-order valence-electron chi connectivity index (χ3n) is 5.11. The van der Waals surface area contributed by atoms with Gasteiger partial charge in [0.1, 0.15) is 12.6 Å². The number of anilines is 1. The fourth-order valence-corrected chi connectivity index (χ4v) is 5.12. The average Bonchev–Trinajstić information content (AvgIpc) is 2.68. The Morgan fingerprint density at radius 2 is 1.63 bits per heavy atom. The molecule has 1 aliphatic rings. The summed E-state index contributed by atoms with van der Waals surface area (Å²) >= 11 is 0. The molecule has 146 valence electrons. The Kier molecular flexibility index (Phi) is 6.52. The summed E-state index contributed by atoms with van der Waals surface area (Å²) in [7, 11) is -3.74. The van der Waals surface area contributed by atoms with E-state index >= 15 is 0 Å². The van der Waals surface area contributed by atoms with Gasteiger partial charge in [-0.15, -0.1) is 0 Å². The van der Waals surface area contributed by atoms with E-state index in [1.807, 2.05) is 25.1 Å². The predicted octanol–water partition coefficient (Wildman–Crippen LogP) is 1.62. The van der Waals surface area contributed by atoms with Gasteiger partial charge >= 0.3 is 0 Å². The summed E-state index contributed by atoms with van der Waals surface area (Å²) in [5.41, 5.74) is 1.58. The van der Waals surface area contributed by atoms with Gasteiger partial charge in [-0.25, -0.2) is 8.42 Å². The van der Waals surface area contributed by atoms with Crippen LogP contribution in [0.15, 0.2) is 59.5 Å². The van der Waals surface area contributed by atoms with Gasteiger partial charge < -0.3 is 10.0 Å². The third kappa shape index (κ3) is 5.09. The van der Waals surface area contributed by atoms with E-state index in [2.05, 4.69) is 0 Å². The average molecular weight is 390 g/mol. The molecule has 1 heterocycles. The molecule has 2 aromatic carbocycles. The van der Waals surface area contributed by atoms with Crippen LogP contribution in [0.4, 0.5) is 5.69 Å². The second kappa shape index (κ2) is 8.87. The van der Waals surface area contributed by atoms with Gasteiger partial charge in [0.15, 0.2) is 0 Å². The monoisotopic (exact) mass is 389 g/mol. The largest absolute Gasteiger partial charge is 0.385 e. The van der Waals surface area contributed by atoms with E-state index in [-0.39, 0.29) is 11.4 Å². The van der Waals surface area contributed by atoms with Gasteiger partial charge in [0.25, 0.3) is 10.0 Å². The number of aryl methyl sites for hydroxylation is 1. The van der Waals surface area contributed by atoms with Crippen molar-refractivity contribution in [2.24, 2.45) is 0 Å². The number of piperidine rings is 1. The molecule has 1 aliphatic heterocycles. The summed E-state index contributed by atoms with van der Waals surface area (Å²) < 4.78 is 27.9. The summed E-state index contributed by atoms with van der Waals surface area (Å²) in [6, 6.07) is 15.9. The number of benzene rings is 2.